The molecule has 148 valence electrons. The van der Waals surface area contributed by atoms with E-state index in [1.165, 1.54) is 11.1 Å². The summed E-state index contributed by atoms with van der Waals surface area (Å²) in [6.45, 7) is 4.03. The molecular weight excluding hydrogens is 406 g/mol. The Kier molecular flexibility index (Phi) is 5.30. The molecule has 1 atom stereocenters. The van der Waals surface area contributed by atoms with Gasteiger partial charge in [0.25, 0.3) is 5.56 Å². The summed E-state index contributed by atoms with van der Waals surface area (Å²) >= 11 is 7.92. The van der Waals surface area contributed by atoms with Gasteiger partial charge in [0.05, 0.1) is 23.7 Å². The normalized spacial score (nSPS) is 12.1. The summed E-state index contributed by atoms with van der Waals surface area (Å²) in [6, 6.07) is 9.13. The van der Waals surface area contributed by atoms with Crippen molar-refractivity contribution in [1.82, 2.24) is 9.97 Å². The van der Waals surface area contributed by atoms with Crippen LogP contribution in [0.25, 0.3) is 22.0 Å². The lowest BCUT2D eigenvalue weighted by molar-refractivity contribution is 0.415. The van der Waals surface area contributed by atoms with Crippen molar-refractivity contribution >= 4 is 39.7 Å². The van der Waals surface area contributed by atoms with Gasteiger partial charge in [-0.2, -0.15) is 11.3 Å². The zero-order valence-corrected chi connectivity index (χ0v) is 17.8. The number of ether oxygens (including phenoxy) is 1. The summed E-state index contributed by atoms with van der Waals surface area (Å²) in [5, 5.41) is 8.93. The first kappa shape index (κ1) is 19.5. The molecule has 1 unspecified atom stereocenters. The number of aryl methyl sites for hydroxylation is 1. The number of fused-ring (bicyclic) bond motifs is 1. The number of H-pyrrole nitrogens is 1. The molecule has 0 radical (unpaired) electrons. The Balaban J connectivity index is 1.66. The number of benzene rings is 1. The van der Waals surface area contributed by atoms with Crippen molar-refractivity contribution in [3.05, 3.63) is 73.8 Å². The van der Waals surface area contributed by atoms with Gasteiger partial charge in [0.1, 0.15) is 11.6 Å². The van der Waals surface area contributed by atoms with E-state index < -0.39 is 0 Å². The van der Waals surface area contributed by atoms with E-state index in [-0.39, 0.29) is 11.6 Å². The number of anilines is 1. The summed E-state index contributed by atoms with van der Waals surface area (Å²) in [5.74, 6) is 1.24. The summed E-state index contributed by atoms with van der Waals surface area (Å²) in [4.78, 5) is 20.0. The van der Waals surface area contributed by atoms with Crippen LogP contribution < -0.4 is 15.6 Å². The number of thiophene rings is 1. The van der Waals surface area contributed by atoms with Crippen LogP contribution >= 0.6 is 22.9 Å². The van der Waals surface area contributed by atoms with Gasteiger partial charge in [0.15, 0.2) is 0 Å². The number of pyridine rings is 2. The van der Waals surface area contributed by atoms with Gasteiger partial charge in [0, 0.05) is 23.2 Å². The van der Waals surface area contributed by atoms with Crippen molar-refractivity contribution in [2.75, 3.05) is 12.4 Å². The van der Waals surface area contributed by atoms with Crippen LogP contribution in [0.1, 0.15) is 24.1 Å². The van der Waals surface area contributed by atoms with Gasteiger partial charge in [0.2, 0.25) is 0 Å². The molecule has 2 N–H and O–H groups in total. The van der Waals surface area contributed by atoms with Crippen molar-refractivity contribution in [2.24, 2.45) is 0 Å². The molecular formula is C22H20ClN3O2S. The van der Waals surface area contributed by atoms with Crippen molar-refractivity contribution in [2.45, 2.75) is 19.9 Å². The van der Waals surface area contributed by atoms with Crippen LogP contribution in [0.15, 0.2) is 52.1 Å². The number of hydrogen-bond donors (Lipinski definition) is 2. The van der Waals surface area contributed by atoms with Crippen molar-refractivity contribution in [3.8, 4) is 16.9 Å². The van der Waals surface area contributed by atoms with Crippen LogP contribution in [0.3, 0.4) is 0 Å². The van der Waals surface area contributed by atoms with E-state index in [9.17, 15) is 4.79 Å². The monoisotopic (exact) mass is 425 g/mol. The number of methoxy groups -OCH3 is 1. The Hall–Kier alpha value is -2.83. The second-order valence-electron chi connectivity index (χ2n) is 6.89. The quantitative estimate of drug-likeness (QED) is 0.424. The average molecular weight is 426 g/mol. The van der Waals surface area contributed by atoms with Gasteiger partial charge in [-0.3, -0.25) is 4.79 Å². The number of rotatable bonds is 5. The molecule has 4 aromatic rings. The number of nitrogens with one attached hydrogen (secondary N) is 2. The molecule has 0 aliphatic heterocycles. The van der Waals surface area contributed by atoms with E-state index in [2.05, 4.69) is 33.0 Å². The molecule has 0 saturated carbocycles. The first-order valence-electron chi connectivity index (χ1n) is 9.12. The number of aromatic nitrogens is 2. The van der Waals surface area contributed by atoms with Gasteiger partial charge >= 0.3 is 0 Å². The van der Waals surface area contributed by atoms with Crippen LogP contribution in [0.4, 0.5) is 5.82 Å². The maximum Gasteiger partial charge on any atom is 0.253 e. The highest BCUT2D eigenvalue weighted by Gasteiger charge is 2.14. The Labute approximate surface area is 177 Å². The number of hydrogen-bond acceptors (Lipinski definition) is 5. The van der Waals surface area contributed by atoms with Crippen LogP contribution in [-0.2, 0) is 0 Å². The molecule has 0 fully saturated rings. The average Bonchev–Trinajstić information content (AvgIpc) is 3.13. The van der Waals surface area contributed by atoms with Crippen LogP contribution in [-0.4, -0.2) is 17.1 Å². The summed E-state index contributed by atoms with van der Waals surface area (Å²) in [7, 11) is 1.55. The third-order valence-electron chi connectivity index (χ3n) is 4.90. The second kappa shape index (κ2) is 7.89. The fourth-order valence-corrected chi connectivity index (χ4v) is 4.44. The van der Waals surface area contributed by atoms with Gasteiger partial charge in [-0.15, -0.1) is 0 Å². The third kappa shape index (κ3) is 3.86. The van der Waals surface area contributed by atoms with Crippen molar-refractivity contribution < 1.29 is 4.74 Å². The standard InChI is InChI=1S/C22H20ClN3O2S/c1-12-10-29-11-17(12)14-4-5-24-21(8-14)25-13(2)16-6-15-7-18(23)20(28-3)9-19(15)26-22(16)27/h4-11,13H,1-3H3,(H,24,25)(H,26,27). The number of halogens is 1. The summed E-state index contributed by atoms with van der Waals surface area (Å²) in [6.07, 6.45) is 1.78. The van der Waals surface area contributed by atoms with E-state index >= 15 is 0 Å². The molecule has 3 aromatic heterocycles. The predicted octanol–water partition coefficient (Wildman–Crippen LogP) is 5.80. The van der Waals surface area contributed by atoms with Crippen molar-refractivity contribution in [3.63, 3.8) is 0 Å². The molecule has 0 aliphatic carbocycles. The highest BCUT2D eigenvalue weighted by atomic mass is 35.5. The first-order valence-corrected chi connectivity index (χ1v) is 10.4. The van der Waals surface area contributed by atoms with Crippen LogP contribution in [0.5, 0.6) is 5.75 Å². The lowest BCUT2D eigenvalue weighted by atomic mass is 10.1. The van der Waals surface area contributed by atoms with Crippen LogP contribution in [0.2, 0.25) is 5.02 Å². The number of nitrogens with zero attached hydrogens (tertiary/aromatic N) is 1. The predicted molar refractivity (Wildman–Crippen MR) is 120 cm³/mol. The van der Waals surface area contributed by atoms with E-state index in [1.54, 1.807) is 36.8 Å². The van der Waals surface area contributed by atoms with Gasteiger partial charge in [-0.05, 0) is 65.6 Å². The molecule has 0 amide bonds. The summed E-state index contributed by atoms with van der Waals surface area (Å²) in [5.41, 5.74) is 4.66. The Bertz CT molecular complexity index is 1250. The lowest BCUT2D eigenvalue weighted by Crippen LogP contribution is -2.19. The summed E-state index contributed by atoms with van der Waals surface area (Å²) < 4.78 is 5.23. The minimum atomic E-state index is -0.240. The van der Waals surface area contributed by atoms with Gasteiger partial charge in [-0.25, -0.2) is 4.98 Å². The van der Waals surface area contributed by atoms with E-state index in [0.29, 0.717) is 27.7 Å². The second-order valence-corrected chi connectivity index (χ2v) is 8.04. The Morgan fingerprint density at radius 1 is 1.24 bits per heavy atom. The fourth-order valence-electron chi connectivity index (χ4n) is 3.33. The molecule has 1 aromatic carbocycles. The third-order valence-corrected chi connectivity index (χ3v) is 6.06. The van der Waals surface area contributed by atoms with E-state index in [0.717, 1.165) is 10.9 Å². The topological polar surface area (TPSA) is 67.0 Å². The molecule has 3 heterocycles. The van der Waals surface area contributed by atoms with Crippen LogP contribution in [0, 0.1) is 6.92 Å². The smallest absolute Gasteiger partial charge is 0.253 e. The van der Waals surface area contributed by atoms with Gasteiger partial charge in [-0.1, -0.05) is 11.6 Å². The van der Waals surface area contributed by atoms with E-state index in [1.807, 2.05) is 25.1 Å². The molecule has 0 spiro atoms. The fraction of sp³-hybridized carbons (Fsp3) is 0.182. The molecule has 5 nitrogen and oxygen atoms in total. The van der Waals surface area contributed by atoms with Crippen molar-refractivity contribution in [1.29, 1.82) is 0 Å². The minimum absolute atomic E-state index is 0.160. The molecule has 0 aliphatic rings. The lowest BCUT2D eigenvalue weighted by Gasteiger charge is -2.16. The Morgan fingerprint density at radius 3 is 2.79 bits per heavy atom. The highest BCUT2D eigenvalue weighted by molar-refractivity contribution is 7.08. The van der Waals surface area contributed by atoms with E-state index in [4.69, 9.17) is 16.3 Å². The zero-order chi connectivity index (χ0) is 20.5. The minimum Gasteiger partial charge on any atom is -0.495 e. The Morgan fingerprint density at radius 2 is 2.07 bits per heavy atom. The maximum atomic E-state index is 12.7. The number of aromatic amines is 1. The SMILES string of the molecule is COc1cc2[nH]c(=O)c(C(C)Nc3cc(-c4cscc4C)ccn3)cc2cc1Cl. The molecule has 4 rings (SSSR count). The largest absolute Gasteiger partial charge is 0.495 e. The zero-order valence-electron chi connectivity index (χ0n) is 16.2. The maximum absolute atomic E-state index is 12.7. The molecule has 7 heteroatoms. The van der Waals surface area contributed by atoms with Gasteiger partial charge < -0.3 is 15.0 Å². The molecule has 0 saturated heterocycles. The molecule has 29 heavy (non-hydrogen) atoms. The highest BCUT2D eigenvalue weighted by Crippen LogP contribution is 2.31. The first-order chi connectivity index (χ1) is 14.0. The molecule has 0 bridgehead atoms.